The van der Waals surface area contributed by atoms with Gasteiger partial charge in [0, 0.05) is 10.2 Å². The van der Waals surface area contributed by atoms with Crippen LogP contribution in [0.3, 0.4) is 0 Å². The molecule has 0 aliphatic carbocycles. The van der Waals surface area contributed by atoms with Gasteiger partial charge in [-0.15, -0.1) is 0 Å². The lowest BCUT2D eigenvalue weighted by Gasteiger charge is -2.12. The molecular formula is C13H11BrF2N2. The Morgan fingerprint density at radius 1 is 1.17 bits per heavy atom. The summed E-state index contributed by atoms with van der Waals surface area (Å²) in [6, 6.07) is 7.72. The van der Waals surface area contributed by atoms with Crippen molar-refractivity contribution in [3.8, 4) is 0 Å². The molecule has 5 heteroatoms. The highest BCUT2D eigenvalue weighted by Crippen LogP contribution is 2.29. The summed E-state index contributed by atoms with van der Waals surface area (Å²) in [6.07, 6.45) is 0. The van der Waals surface area contributed by atoms with E-state index >= 15 is 0 Å². The highest BCUT2D eigenvalue weighted by molar-refractivity contribution is 9.10. The van der Waals surface area contributed by atoms with E-state index < -0.39 is 11.6 Å². The fraction of sp³-hybridized carbons (Fsp3) is 0.0769. The number of hydrogen-bond acceptors (Lipinski definition) is 2. The van der Waals surface area contributed by atoms with Crippen molar-refractivity contribution in [3.63, 3.8) is 0 Å². The van der Waals surface area contributed by atoms with Crippen LogP contribution in [-0.4, -0.2) is 0 Å². The van der Waals surface area contributed by atoms with Crippen molar-refractivity contribution in [2.24, 2.45) is 0 Å². The molecule has 0 bridgehead atoms. The van der Waals surface area contributed by atoms with Crippen LogP contribution >= 0.6 is 15.9 Å². The standard InChI is InChI=1S/C13H11BrF2N2/c1-7-6-8(2-3-9(7)14)18-13-11(17)5-4-10(15)12(13)16/h2-6,18H,17H2,1H3. The van der Waals surface area contributed by atoms with Gasteiger partial charge in [0.15, 0.2) is 11.6 Å². The van der Waals surface area contributed by atoms with Gasteiger partial charge < -0.3 is 11.1 Å². The van der Waals surface area contributed by atoms with Crippen molar-refractivity contribution < 1.29 is 8.78 Å². The largest absolute Gasteiger partial charge is 0.397 e. The summed E-state index contributed by atoms with van der Waals surface area (Å²) >= 11 is 3.37. The SMILES string of the molecule is Cc1cc(Nc2c(N)ccc(F)c2F)ccc1Br. The lowest BCUT2D eigenvalue weighted by Crippen LogP contribution is -2.01. The number of rotatable bonds is 2. The van der Waals surface area contributed by atoms with Crippen molar-refractivity contribution in [2.45, 2.75) is 6.92 Å². The predicted octanol–water partition coefficient (Wildman–Crippen LogP) is 4.36. The van der Waals surface area contributed by atoms with E-state index in [-0.39, 0.29) is 11.4 Å². The van der Waals surface area contributed by atoms with E-state index in [1.165, 1.54) is 6.07 Å². The predicted molar refractivity (Wildman–Crippen MR) is 72.9 cm³/mol. The Kier molecular flexibility index (Phi) is 3.52. The molecule has 2 aromatic carbocycles. The molecular weight excluding hydrogens is 302 g/mol. The summed E-state index contributed by atoms with van der Waals surface area (Å²) in [7, 11) is 0. The van der Waals surface area contributed by atoms with Crippen LogP contribution in [0.15, 0.2) is 34.8 Å². The molecule has 0 saturated heterocycles. The van der Waals surface area contributed by atoms with Crippen LogP contribution < -0.4 is 11.1 Å². The Labute approximate surface area is 112 Å². The van der Waals surface area contributed by atoms with Gasteiger partial charge in [-0.05, 0) is 42.8 Å². The molecule has 18 heavy (non-hydrogen) atoms. The zero-order valence-electron chi connectivity index (χ0n) is 9.60. The van der Waals surface area contributed by atoms with Gasteiger partial charge in [-0.1, -0.05) is 15.9 Å². The smallest absolute Gasteiger partial charge is 0.184 e. The molecule has 0 unspecified atom stereocenters. The van der Waals surface area contributed by atoms with Crippen LogP contribution in [0.4, 0.5) is 25.8 Å². The zero-order chi connectivity index (χ0) is 13.3. The Bertz CT molecular complexity index is 600. The molecule has 0 atom stereocenters. The van der Waals surface area contributed by atoms with E-state index in [1.54, 1.807) is 6.07 Å². The summed E-state index contributed by atoms with van der Waals surface area (Å²) in [5, 5.41) is 2.79. The van der Waals surface area contributed by atoms with Crippen molar-refractivity contribution in [1.29, 1.82) is 0 Å². The summed E-state index contributed by atoms with van der Waals surface area (Å²) in [5.74, 6) is -1.91. The Hall–Kier alpha value is -1.62. The minimum absolute atomic E-state index is 0.0447. The van der Waals surface area contributed by atoms with Crippen LogP contribution in [0, 0.1) is 18.6 Å². The fourth-order valence-corrected chi connectivity index (χ4v) is 1.81. The van der Waals surface area contributed by atoms with Crippen LogP contribution in [0.25, 0.3) is 0 Å². The highest BCUT2D eigenvalue weighted by Gasteiger charge is 2.12. The van der Waals surface area contributed by atoms with Crippen LogP contribution in [0.2, 0.25) is 0 Å². The third kappa shape index (κ3) is 2.46. The molecule has 0 amide bonds. The topological polar surface area (TPSA) is 38.0 Å². The van der Waals surface area contributed by atoms with E-state index in [0.717, 1.165) is 16.1 Å². The van der Waals surface area contributed by atoms with Crippen molar-refractivity contribution in [2.75, 3.05) is 11.1 Å². The van der Waals surface area contributed by atoms with E-state index in [9.17, 15) is 8.78 Å². The van der Waals surface area contributed by atoms with Gasteiger partial charge in [-0.3, -0.25) is 0 Å². The number of hydrogen-bond donors (Lipinski definition) is 2. The van der Waals surface area contributed by atoms with E-state index in [2.05, 4.69) is 21.2 Å². The zero-order valence-corrected chi connectivity index (χ0v) is 11.2. The first kappa shape index (κ1) is 12.8. The molecule has 0 aromatic heterocycles. The molecule has 0 aliphatic heterocycles. The number of nitrogens with one attached hydrogen (secondary N) is 1. The maximum Gasteiger partial charge on any atom is 0.184 e. The molecule has 0 heterocycles. The minimum Gasteiger partial charge on any atom is -0.397 e. The first-order valence-corrected chi connectivity index (χ1v) is 6.05. The van der Waals surface area contributed by atoms with Gasteiger partial charge in [0.2, 0.25) is 0 Å². The van der Waals surface area contributed by atoms with Gasteiger partial charge in [0.05, 0.1) is 5.69 Å². The molecule has 0 fully saturated rings. The number of nitrogen functional groups attached to an aromatic ring is 1. The quantitative estimate of drug-likeness (QED) is 0.808. The van der Waals surface area contributed by atoms with Crippen molar-refractivity contribution in [3.05, 3.63) is 52.0 Å². The van der Waals surface area contributed by atoms with Crippen LogP contribution in [0.1, 0.15) is 5.56 Å². The monoisotopic (exact) mass is 312 g/mol. The molecule has 94 valence electrons. The minimum atomic E-state index is -0.976. The van der Waals surface area contributed by atoms with Crippen LogP contribution in [0.5, 0.6) is 0 Å². The Balaban J connectivity index is 2.39. The molecule has 0 saturated carbocycles. The molecule has 0 radical (unpaired) electrons. The summed E-state index contributed by atoms with van der Waals surface area (Å²) < 4.78 is 27.7. The Morgan fingerprint density at radius 3 is 2.56 bits per heavy atom. The average molecular weight is 313 g/mol. The second-order valence-corrected chi connectivity index (χ2v) is 4.77. The van der Waals surface area contributed by atoms with Crippen LogP contribution in [-0.2, 0) is 0 Å². The number of halogens is 3. The second-order valence-electron chi connectivity index (χ2n) is 3.91. The Morgan fingerprint density at radius 2 is 1.89 bits per heavy atom. The normalized spacial score (nSPS) is 10.4. The van der Waals surface area contributed by atoms with Crippen molar-refractivity contribution >= 4 is 33.0 Å². The number of nitrogens with two attached hydrogens (primary N) is 1. The first-order chi connectivity index (χ1) is 8.49. The summed E-state index contributed by atoms with van der Waals surface area (Å²) in [5.41, 5.74) is 7.37. The lowest BCUT2D eigenvalue weighted by atomic mass is 10.2. The van der Waals surface area contributed by atoms with Crippen molar-refractivity contribution in [1.82, 2.24) is 0 Å². The van der Waals surface area contributed by atoms with Gasteiger partial charge in [-0.2, -0.15) is 0 Å². The average Bonchev–Trinajstić information content (AvgIpc) is 2.34. The molecule has 2 rings (SSSR count). The summed E-state index contributed by atoms with van der Waals surface area (Å²) in [4.78, 5) is 0. The molecule has 0 spiro atoms. The maximum absolute atomic E-state index is 13.6. The van der Waals surface area contributed by atoms with Gasteiger partial charge >= 0.3 is 0 Å². The summed E-state index contributed by atoms with van der Waals surface area (Å²) in [6.45, 7) is 1.90. The highest BCUT2D eigenvalue weighted by atomic mass is 79.9. The third-order valence-corrected chi connectivity index (χ3v) is 3.44. The lowest BCUT2D eigenvalue weighted by molar-refractivity contribution is 0.512. The molecule has 2 nitrogen and oxygen atoms in total. The van der Waals surface area contributed by atoms with E-state index in [4.69, 9.17) is 5.73 Å². The molecule has 0 aliphatic rings. The third-order valence-electron chi connectivity index (χ3n) is 2.55. The molecule has 3 N–H and O–H groups in total. The van der Waals surface area contributed by atoms with Gasteiger partial charge in [-0.25, -0.2) is 8.78 Å². The number of benzene rings is 2. The maximum atomic E-state index is 13.6. The first-order valence-electron chi connectivity index (χ1n) is 5.25. The number of aryl methyl sites for hydroxylation is 1. The van der Waals surface area contributed by atoms with Gasteiger partial charge in [0.25, 0.3) is 0 Å². The van der Waals surface area contributed by atoms with E-state index in [0.29, 0.717) is 5.69 Å². The number of anilines is 3. The second kappa shape index (κ2) is 4.94. The van der Waals surface area contributed by atoms with Gasteiger partial charge in [0.1, 0.15) is 5.69 Å². The molecule has 2 aromatic rings. The van der Waals surface area contributed by atoms with E-state index in [1.807, 2.05) is 19.1 Å². The fourth-order valence-electron chi connectivity index (χ4n) is 1.56.